The fourth-order valence-corrected chi connectivity index (χ4v) is 1.84. The zero-order valence-corrected chi connectivity index (χ0v) is 11.7. The number of unbranched alkanes of at least 4 members (excludes halogenated alkanes) is 7. The Morgan fingerprint density at radius 1 is 0.824 bits per heavy atom. The van der Waals surface area contributed by atoms with Crippen molar-refractivity contribution in [3.63, 3.8) is 0 Å². The Balaban J connectivity index is 2.91. The van der Waals surface area contributed by atoms with Crippen molar-refractivity contribution in [2.45, 2.75) is 65.2 Å². The first-order valence-electron chi connectivity index (χ1n) is 7.22. The Morgan fingerprint density at radius 2 is 1.41 bits per heavy atom. The molecule has 0 aliphatic rings. The minimum absolute atomic E-state index is 0.0545. The minimum atomic E-state index is 0.0545. The third-order valence-corrected chi connectivity index (χ3v) is 2.88. The van der Waals surface area contributed by atoms with Gasteiger partial charge in [-0.3, -0.25) is 4.79 Å². The zero-order chi connectivity index (χ0) is 12.8. The minimum Gasteiger partial charge on any atom is -0.355 e. The number of hydrogen-bond donors (Lipinski definition) is 2. The molecule has 0 aliphatic heterocycles. The van der Waals surface area contributed by atoms with E-state index in [1.807, 2.05) is 0 Å². The van der Waals surface area contributed by atoms with Gasteiger partial charge in [0, 0.05) is 20.0 Å². The molecule has 0 aromatic carbocycles. The highest BCUT2D eigenvalue weighted by Crippen LogP contribution is 2.07. The van der Waals surface area contributed by atoms with Crippen molar-refractivity contribution in [2.75, 3.05) is 19.6 Å². The second-order valence-electron chi connectivity index (χ2n) is 4.71. The van der Waals surface area contributed by atoms with Crippen LogP contribution >= 0.6 is 0 Å². The molecule has 3 heteroatoms. The van der Waals surface area contributed by atoms with Gasteiger partial charge in [-0.05, 0) is 13.0 Å². The fraction of sp³-hybridized carbons (Fsp3) is 0.929. The van der Waals surface area contributed by atoms with E-state index in [0.717, 1.165) is 19.6 Å². The summed E-state index contributed by atoms with van der Waals surface area (Å²) in [4.78, 5) is 10.6. The second kappa shape index (κ2) is 13.5. The van der Waals surface area contributed by atoms with Crippen LogP contribution in [0.2, 0.25) is 0 Å². The van der Waals surface area contributed by atoms with Crippen LogP contribution in [0.25, 0.3) is 0 Å². The van der Waals surface area contributed by atoms with Crippen LogP contribution in [-0.2, 0) is 4.79 Å². The molecule has 0 spiro atoms. The van der Waals surface area contributed by atoms with E-state index in [1.165, 1.54) is 51.4 Å². The average Bonchev–Trinajstić information content (AvgIpc) is 2.30. The molecule has 0 saturated carbocycles. The Kier molecular flexibility index (Phi) is 13.0. The highest BCUT2D eigenvalue weighted by atomic mass is 16.1. The summed E-state index contributed by atoms with van der Waals surface area (Å²) in [5.74, 6) is 0.0545. The maximum Gasteiger partial charge on any atom is 0.216 e. The largest absolute Gasteiger partial charge is 0.355 e. The lowest BCUT2D eigenvalue weighted by Crippen LogP contribution is -2.30. The maximum absolute atomic E-state index is 10.6. The lowest BCUT2D eigenvalue weighted by atomic mass is 10.1. The molecule has 2 N–H and O–H groups in total. The molecule has 0 aromatic heterocycles. The standard InChI is InChI=1S/C14H30N2O/c1-3-4-5-6-7-8-9-10-11-15-12-13-16-14(2)17/h15H,3-13H2,1-2H3,(H,16,17). The quantitative estimate of drug-likeness (QED) is 0.517. The van der Waals surface area contributed by atoms with Crippen molar-refractivity contribution < 1.29 is 4.79 Å². The van der Waals surface area contributed by atoms with Gasteiger partial charge in [-0.2, -0.15) is 0 Å². The predicted molar refractivity (Wildman–Crippen MR) is 74.2 cm³/mol. The fourth-order valence-electron chi connectivity index (χ4n) is 1.84. The highest BCUT2D eigenvalue weighted by Gasteiger charge is 1.92. The molecular formula is C14H30N2O. The Bertz CT molecular complexity index is 172. The number of carbonyl (C=O) groups is 1. The molecule has 0 aliphatic carbocycles. The van der Waals surface area contributed by atoms with Gasteiger partial charge in [-0.15, -0.1) is 0 Å². The number of rotatable bonds is 12. The normalized spacial score (nSPS) is 10.5. The van der Waals surface area contributed by atoms with Crippen LogP contribution in [0.15, 0.2) is 0 Å². The summed E-state index contributed by atoms with van der Waals surface area (Å²) in [6.45, 7) is 6.52. The van der Waals surface area contributed by atoms with Crippen molar-refractivity contribution in [3.8, 4) is 0 Å². The van der Waals surface area contributed by atoms with Crippen LogP contribution in [0.4, 0.5) is 0 Å². The van der Waals surface area contributed by atoms with Gasteiger partial charge in [-0.1, -0.05) is 51.9 Å². The van der Waals surface area contributed by atoms with E-state index in [0.29, 0.717) is 0 Å². The third-order valence-electron chi connectivity index (χ3n) is 2.88. The summed E-state index contributed by atoms with van der Waals surface area (Å²) in [6.07, 6.45) is 10.9. The molecule has 1 amide bonds. The van der Waals surface area contributed by atoms with Crippen molar-refractivity contribution in [3.05, 3.63) is 0 Å². The SMILES string of the molecule is CCCCCCCCCCNCCNC(C)=O. The van der Waals surface area contributed by atoms with Gasteiger partial charge in [0.05, 0.1) is 0 Å². The van der Waals surface area contributed by atoms with Crippen LogP contribution in [0.3, 0.4) is 0 Å². The molecule has 0 saturated heterocycles. The van der Waals surface area contributed by atoms with Crippen LogP contribution in [-0.4, -0.2) is 25.5 Å². The van der Waals surface area contributed by atoms with Crippen molar-refractivity contribution in [2.24, 2.45) is 0 Å². The maximum atomic E-state index is 10.6. The summed E-state index contributed by atoms with van der Waals surface area (Å²) >= 11 is 0. The first-order valence-corrected chi connectivity index (χ1v) is 7.22. The first kappa shape index (κ1) is 16.4. The first-order chi connectivity index (χ1) is 8.27. The summed E-state index contributed by atoms with van der Waals surface area (Å²) in [6, 6.07) is 0. The highest BCUT2D eigenvalue weighted by molar-refractivity contribution is 5.72. The zero-order valence-electron chi connectivity index (χ0n) is 11.7. The van der Waals surface area contributed by atoms with Gasteiger partial charge in [0.1, 0.15) is 0 Å². The number of nitrogens with one attached hydrogen (secondary N) is 2. The van der Waals surface area contributed by atoms with E-state index in [1.54, 1.807) is 6.92 Å². The topological polar surface area (TPSA) is 41.1 Å². The van der Waals surface area contributed by atoms with Crippen LogP contribution < -0.4 is 10.6 Å². The molecule has 17 heavy (non-hydrogen) atoms. The number of carbonyl (C=O) groups excluding carboxylic acids is 1. The molecule has 0 aromatic rings. The molecule has 0 radical (unpaired) electrons. The lowest BCUT2D eigenvalue weighted by molar-refractivity contribution is -0.118. The van der Waals surface area contributed by atoms with E-state index in [-0.39, 0.29) is 5.91 Å². The molecule has 0 unspecified atom stereocenters. The van der Waals surface area contributed by atoms with Crippen LogP contribution in [0.1, 0.15) is 65.2 Å². The van der Waals surface area contributed by atoms with E-state index < -0.39 is 0 Å². The van der Waals surface area contributed by atoms with Gasteiger partial charge in [0.15, 0.2) is 0 Å². The lowest BCUT2D eigenvalue weighted by Gasteiger charge is -2.05. The van der Waals surface area contributed by atoms with Gasteiger partial charge in [-0.25, -0.2) is 0 Å². The molecule has 0 fully saturated rings. The summed E-state index contributed by atoms with van der Waals surface area (Å²) in [5.41, 5.74) is 0. The van der Waals surface area contributed by atoms with E-state index in [4.69, 9.17) is 0 Å². The molecule has 3 nitrogen and oxygen atoms in total. The molecule has 0 bridgehead atoms. The Hall–Kier alpha value is -0.570. The molecule has 102 valence electrons. The summed E-state index contributed by atoms with van der Waals surface area (Å²) in [5, 5.41) is 6.11. The summed E-state index contributed by atoms with van der Waals surface area (Å²) < 4.78 is 0. The molecule has 0 heterocycles. The van der Waals surface area contributed by atoms with Gasteiger partial charge in [0.2, 0.25) is 5.91 Å². The monoisotopic (exact) mass is 242 g/mol. The van der Waals surface area contributed by atoms with E-state index in [2.05, 4.69) is 17.6 Å². The number of amides is 1. The van der Waals surface area contributed by atoms with Crippen LogP contribution in [0.5, 0.6) is 0 Å². The summed E-state index contributed by atoms with van der Waals surface area (Å²) in [7, 11) is 0. The van der Waals surface area contributed by atoms with Gasteiger partial charge < -0.3 is 10.6 Å². The van der Waals surface area contributed by atoms with E-state index in [9.17, 15) is 4.79 Å². The molecule has 0 atom stereocenters. The second-order valence-corrected chi connectivity index (χ2v) is 4.71. The molecular weight excluding hydrogens is 212 g/mol. The van der Waals surface area contributed by atoms with E-state index >= 15 is 0 Å². The number of hydrogen-bond acceptors (Lipinski definition) is 2. The third kappa shape index (κ3) is 15.4. The molecule has 0 rings (SSSR count). The predicted octanol–water partition coefficient (Wildman–Crippen LogP) is 2.85. The van der Waals surface area contributed by atoms with Crippen molar-refractivity contribution in [1.29, 1.82) is 0 Å². The smallest absolute Gasteiger partial charge is 0.216 e. The Labute approximate surface area is 107 Å². The van der Waals surface area contributed by atoms with Crippen molar-refractivity contribution in [1.82, 2.24) is 10.6 Å². The van der Waals surface area contributed by atoms with Crippen LogP contribution in [0, 0.1) is 0 Å². The van der Waals surface area contributed by atoms with Gasteiger partial charge >= 0.3 is 0 Å². The average molecular weight is 242 g/mol. The Morgan fingerprint density at radius 3 is 2.00 bits per heavy atom. The van der Waals surface area contributed by atoms with Gasteiger partial charge in [0.25, 0.3) is 0 Å². The van der Waals surface area contributed by atoms with Crippen molar-refractivity contribution >= 4 is 5.91 Å².